The number of pyridine rings is 1. The van der Waals surface area contributed by atoms with Crippen LogP contribution in [0.25, 0.3) is 112 Å². The molecule has 16 heteroatoms. The smallest absolute Gasteiger partial charge is 0.163 e. The van der Waals surface area contributed by atoms with Gasteiger partial charge in [0.25, 0.3) is 0 Å². The highest BCUT2D eigenvalue weighted by Gasteiger charge is 2.25. The first-order valence-corrected chi connectivity index (χ1v) is 23.7. The molecular weight excluding hydrogens is 909 g/mol. The number of aryl methyl sites for hydroxylation is 9. The van der Waals surface area contributed by atoms with E-state index in [2.05, 4.69) is 89.7 Å². The molecule has 0 fully saturated rings. The normalized spacial score (nSPS) is 11.6. The third-order valence-electron chi connectivity index (χ3n) is 12.9. The Kier molecular flexibility index (Phi) is 10.4. The topological polar surface area (TPSA) is 201 Å². The summed E-state index contributed by atoms with van der Waals surface area (Å²) in [6.45, 7) is 16.9. The summed E-state index contributed by atoms with van der Waals surface area (Å²) in [6.07, 6.45) is 0. The maximum atomic E-state index is 11.6. The molecule has 7 aromatic heterocycles. The zero-order valence-corrected chi connectivity index (χ0v) is 41.5. The Labute approximate surface area is 418 Å². The van der Waals surface area contributed by atoms with Crippen LogP contribution in [0.15, 0.2) is 103 Å². The van der Waals surface area contributed by atoms with Gasteiger partial charge in [0.05, 0.1) is 44.7 Å². The van der Waals surface area contributed by atoms with Gasteiger partial charge in [0.1, 0.15) is 52.7 Å². The number of rotatable bonds is 7. The number of aromatic nitrogens is 15. The first kappa shape index (κ1) is 44.6. The Bertz CT molecular complexity index is 4050. The van der Waals surface area contributed by atoms with Crippen LogP contribution in [0.4, 0.5) is 0 Å². The lowest BCUT2D eigenvalue weighted by Gasteiger charge is -2.19. The van der Waals surface area contributed by atoms with Crippen molar-refractivity contribution in [2.75, 3.05) is 0 Å². The van der Waals surface area contributed by atoms with Gasteiger partial charge in [-0.05, 0) is 111 Å². The summed E-state index contributed by atoms with van der Waals surface area (Å²) in [5, 5.41) is 15.5. The van der Waals surface area contributed by atoms with Crippen molar-refractivity contribution >= 4 is 43.6 Å². The van der Waals surface area contributed by atoms with E-state index >= 15 is 0 Å². The molecule has 0 aliphatic rings. The summed E-state index contributed by atoms with van der Waals surface area (Å²) in [7, 11) is 0. The molecule has 352 valence electrons. The quantitative estimate of drug-likeness (QED) is 0.146. The second-order valence-corrected chi connectivity index (χ2v) is 18.3. The van der Waals surface area contributed by atoms with E-state index in [0.717, 1.165) is 82.8 Å². The fourth-order valence-corrected chi connectivity index (χ4v) is 10.0. The lowest BCUT2D eigenvalue weighted by molar-refractivity contribution is 0.928. The number of nitriles is 1. The van der Waals surface area contributed by atoms with Gasteiger partial charge in [-0.25, -0.2) is 59.8 Å². The maximum absolute atomic E-state index is 11.6. The van der Waals surface area contributed by atoms with Gasteiger partial charge in [-0.3, -0.25) is 4.98 Å². The molecule has 0 atom stereocenters. The van der Waals surface area contributed by atoms with Crippen LogP contribution in [0.3, 0.4) is 0 Å². The molecule has 0 bridgehead atoms. The number of fused-ring (bicyclic) bond motifs is 6. The summed E-state index contributed by atoms with van der Waals surface area (Å²) >= 11 is 0. The maximum Gasteiger partial charge on any atom is 0.163 e. The third-order valence-corrected chi connectivity index (χ3v) is 12.9. The second kappa shape index (κ2) is 17.1. The molecule has 0 saturated heterocycles. The van der Waals surface area contributed by atoms with Gasteiger partial charge in [0, 0.05) is 55.1 Å². The zero-order valence-electron chi connectivity index (χ0n) is 41.5. The van der Waals surface area contributed by atoms with E-state index < -0.39 is 0 Å². The summed E-state index contributed by atoms with van der Waals surface area (Å²) in [5.41, 5.74) is 10.7. The van der Waals surface area contributed by atoms with Gasteiger partial charge in [0.2, 0.25) is 0 Å². The van der Waals surface area contributed by atoms with Crippen molar-refractivity contribution in [3.05, 3.63) is 161 Å². The Balaban J connectivity index is 1.20. The van der Waals surface area contributed by atoms with Crippen LogP contribution in [0.1, 0.15) is 57.9 Å². The van der Waals surface area contributed by atoms with Crippen molar-refractivity contribution in [1.82, 2.24) is 73.9 Å². The van der Waals surface area contributed by atoms with Crippen LogP contribution in [-0.2, 0) is 0 Å². The molecule has 0 radical (unpaired) electrons. The van der Waals surface area contributed by atoms with Crippen molar-refractivity contribution in [3.63, 3.8) is 0 Å². The van der Waals surface area contributed by atoms with Crippen molar-refractivity contribution in [1.29, 1.82) is 5.26 Å². The molecule has 5 aromatic carbocycles. The summed E-state index contributed by atoms with van der Waals surface area (Å²) in [6, 6.07) is 37.7. The van der Waals surface area contributed by atoms with E-state index in [9.17, 15) is 5.26 Å². The molecule has 73 heavy (non-hydrogen) atoms. The fourth-order valence-electron chi connectivity index (χ4n) is 10.0. The Hall–Kier alpha value is -9.62. The average Bonchev–Trinajstić information content (AvgIpc) is 3.86. The number of nitrogens with zero attached hydrogens (tertiary/aromatic N) is 16. The van der Waals surface area contributed by atoms with Gasteiger partial charge in [-0.1, -0.05) is 54.6 Å². The lowest BCUT2D eigenvalue weighted by atomic mass is 10.0. The minimum atomic E-state index is 0.412. The van der Waals surface area contributed by atoms with E-state index in [4.69, 9.17) is 44.9 Å². The average molecular weight is 953 g/mol. The van der Waals surface area contributed by atoms with E-state index in [1.165, 1.54) is 0 Å². The van der Waals surface area contributed by atoms with Gasteiger partial charge in [-0.15, -0.1) is 0 Å². The number of hydrogen-bond acceptors (Lipinski definition) is 14. The summed E-state index contributed by atoms with van der Waals surface area (Å²) in [5.74, 6) is 7.20. The van der Waals surface area contributed by atoms with Crippen LogP contribution < -0.4 is 0 Å². The van der Waals surface area contributed by atoms with Crippen molar-refractivity contribution in [2.45, 2.75) is 62.3 Å². The number of benzene rings is 5. The van der Waals surface area contributed by atoms with Gasteiger partial charge < -0.3 is 9.13 Å². The largest absolute Gasteiger partial charge is 0.308 e. The summed E-state index contributed by atoms with van der Waals surface area (Å²) in [4.78, 5) is 61.1. The Morgan fingerprint density at radius 1 is 0.342 bits per heavy atom. The molecule has 12 rings (SSSR count). The molecule has 7 heterocycles. The highest BCUT2D eigenvalue weighted by atomic mass is 15.1. The van der Waals surface area contributed by atoms with Crippen LogP contribution in [0, 0.1) is 73.6 Å². The number of hydrogen-bond donors (Lipinski definition) is 0. The summed E-state index contributed by atoms with van der Waals surface area (Å²) < 4.78 is 4.36. The minimum Gasteiger partial charge on any atom is -0.308 e. The van der Waals surface area contributed by atoms with E-state index in [1.807, 2.05) is 111 Å². The molecule has 0 aliphatic heterocycles. The van der Waals surface area contributed by atoms with Crippen LogP contribution >= 0.6 is 0 Å². The SMILES string of the molecule is Cc1cccc(-c2cc(-n3c4cc(-c5nc(C)nc(C)n5)ccc4c4ccc(-c5nc(C)nc(C)n5)cc43)c(C#N)cc2-n2c3cc(-c4nc(C)nc(C)n4)ccc3c3ccc(-c4nc(C)nc(C)n4)cc32)n1. The molecule has 0 saturated carbocycles. The first-order valence-electron chi connectivity index (χ1n) is 23.7. The first-order chi connectivity index (χ1) is 35.2. The van der Waals surface area contributed by atoms with E-state index in [1.54, 1.807) is 0 Å². The minimum absolute atomic E-state index is 0.412. The fraction of sp³-hybridized carbons (Fsp3) is 0.158. The monoisotopic (exact) mass is 952 g/mol. The van der Waals surface area contributed by atoms with Crippen LogP contribution in [0.2, 0.25) is 0 Å². The standard InChI is InChI=1S/C57H44N16/c1-28-11-10-12-47(59-28)46-26-48(72-49-21-37(54-64-29(2)60-30(3)65-54)13-17-42(49)43-18-14-38(22-50(43)72)55-66-31(4)61-32(5)67-55)41(27-58)25-53(46)73-51-23-39(56-68-33(6)62-34(7)69-56)15-19-44(51)45-20-16-40(24-52(45)73)57-70-35(8)63-36(9)71-57/h10-26H,1-9H3. The molecular formula is C57H44N16. The van der Waals surface area contributed by atoms with Gasteiger partial charge >= 0.3 is 0 Å². The molecule has 0 spiro atoms. The predicted octanol–water partition coefficient (Wildman–Crippen LogP) is 11.0. The lowest BCUT2D eigenvalue weighted by Crippen LogP contribution is -2.05. The van der Waals surface area contributed by atoms with Gasteiger partial charge in [0.15, 0.2) is 23.3 Å². The molecule has 12 aromatic rings. The predicted molar refractivity (Wildman–Crippen MR) is 281 cm³/mol. The van der Waals surface area contributed by atoms with Crippen molar-refractivity contribution in [3.8, 4) is 74.3 Å². The van der Waals surface area contributed by atoms with E-state index in [0.29, 0.717) is 86.8 Å². The van der Waals surface area contributed by atoms with Crippen LogP contribution in [0.5, 0.6) is 0 Å². The van der Waals surface area contributed by atoms with E-state index in [-0.39, 0.29) is 0 Å². The Morgan fingerprint density at radius 2 is 0.671 bits per heavy atom. The molecule has 0 aliphatic carbocycles. The molecule has 0 unspecified atom stereocenters. The highest BCUT2D eigenvalue weighted by molar-refractivity contribution is 6.13. The molecule has 0 amide bonds. The third kappa shape index (κ3) is 7.83. The second-order valence-electron chi connectivity index (χ2n) is 18.3. The molecule has 0 N–H and O–H groups in total. The Morgan fingerprint density at radius 3 is 0.986 bits per heavy atom. The molecule has 16 nitrogen and oxygen atoms in total. The van der Waals surface area contributed by atoms with Crippen LogP contribution in [-0.4, -0.2) is 73.9 Å². The van der Waals surface area contributed by atoms with Gasteiger partial charge in [-0.2, -0.15) is 5.26 Å². The van der Waals surface area contributed by atoms with Crippen molar-refractivity contribution in [2.24, 2.45) is 0 Å². The highest BCUT2D eigenvalue weighted by Crippen LogP contribution is 2.43. The zero-order chi connectivity index (χ0) is 50.4. The van der Waals surface area contributed by atoms with Crippen molar-refractivity contribution < 1.29 is 0 Å².